The average Bonchev–Trinajstić information content (AvgIpc) is 3.80. The fourth-order valence-corrected chi connectivity index (χ4v) is 5.28. The molecule has 19 heteroatoms. The molecule has 3 heterocycles. The first-order valence-corrected chi connectivity index (χ1v) is 16.4. The van der Waals surface area contributed by atoms with Gasteiger partial charge in [0, 0.05) is 48.5 Å². The zero-order chi connectivity index (χ0) is 38.5. The number of carboxylic acid groups (broad SMARTS) is 2. The van der Waals surface area contributed by atoms with Crippen LogP contribution in [0.5, 0.6) is 0 Å². The highest BCUT2D eigenvalue weighted by Gasteiger charge is 2.31. The van der Waals surface area contributed by atoms with Gasteiger partial charge in [0.15, 0.2) is 0 Å². The number of benzene rings is 1. The number of carbonyl (C=O) groups excluding carboxylic acids is 5. The standard InChI is InChI=1S/C34H40N10O9/c1-18(41-32(50)26(12-29(46)47)42-28(45)16-39-31(49)23(35)9-19-5-4-8-36-13-19)30(48)43-25(11-21-15-37-17-40-21)33(51)44-27(34(52)53)10-20-14-38-24-7-3-2-6-22(20)24/h2-8,13-15,17-18,23,25-27,38H,9-12,16,35H2,1H3,(H,37,40)(H,39,49)(H,41,50)(H,42,45)(H,43,48)(H,44,51)(H,46,47)(H,52,53)/t18-,23-,25-,26-,27-/m0/s1. The molecule has 4 rings (SSSR count). The number of aliphatic carboxylic acids is 2. The Labute approximate surface area is 301 Å². The molecule has 5 amide bonds. The number of H-pyrrole nitrogens is 2. The van der Waals surface area contributed by atoms with Gasteiger partial charge in [-0.25, -0.2) is 9.78 Å². The number of nitrogens with one attached hydrogen (secondary N) is 7. The van der Waals surface area contributed by atoms with Gasteiger partial charge in [-0.1, -0.05) is 24.3 Å². The molecule has 53 heavy (non-hydrogen) atoms. The summed E-state index contributed by atoms with van der Waals surface area (Å²) in [6.07, 6.45) is 6.62. The van der Waals surface area contributed by atoms with Crippen molar-refractivity contribution in [1.29, 1.82) is 0 Å². The Kier molecular flexibility index (Phi) is 13.7. The summed E-state index contributed by atoms with van der Waals surface area (Å²) in [5.41, 5.74) is 8.38. The van der Waals surface area contributed by atoms with Crippen LogP contribution in [0, 0.1) is 0 Å². The molecule has 280 valence electrons. The van der Waals surface area contributed by atoms with Gasteiger partial charge >= 0.3 is 11.9 Å². The second kappa shape index (κ2) is 18.6. The van der Waals surface area contributed by atoms with Crippen molar-refractivity contribution in [3.63, 3.8) is 0 Å². The summed E-state index contributed by atoms with van der Waals surface area (Å²) in [5.74, 6) is -7.09. The number of carbonyl (C=O) groups is 7. The first-order chi connectivity index (χ1) is 25.3. The lowest BCUT2D eigenvalue weighted by atomic mass is 10.0. The van der Waals surface area contributed by atoms with E-state index in [1.807, 2.05) is 18.2 Å². The fourth-order valence-electron chi connectivity index (χ4n) is 5.28. The Morgan fingerprint density at radius 3 is 2.23 bits per heavy atom. The Morgan fingerprint density at radius 1 is 0.811 bits per heavy atom. The van der Waals surface area contributed by atoms with E-state index in [-0.39, 0.29) is 19.3 Å². The van der Waals surface area contributed by atoms with Crippen molar-refractivity contribution in [1.82, 2.24) is 46.5 Å². The van der Waals surface area contributed by atoms with E-state index in [4.69, 9.17) is 5.73 Å². The number of rotatable bonds is 19. The van der Waals surface area contributed by atoms with Crippen molar-refractivity contribution < 1.29 is 43.8 Å². The maximum absolute atomic E-state index is 13.5. The summed E-state index contributed by atoms with van der Waals surface area (Å²) in [5, 5.41) is 31.9. The number of amides is 5. The molecule has 3 aromatic heterocycles. The highest BCUT2D eigenvalue weighted by Crippen LogP contribution is 2.19. The number of pyridine rings is 1. The van der Waals surface area contributed by atoms with Crippen molar-refractivity contribution in [3.8, 4) is 0 Å². The number of para-hydroxylation sites is 1. The smallest absolute Gasteiger partial charge is 0.326 e. The third-order valence-electron chi connectivity index (χ3n) is 8.04. The van der Waals surface area contributed by atoms with E-state index in [0.717, 1.165) is 10.9 Å². The Bertz CT molecular complexity index is 1920. The number of aromatic amines is 2. The number of fused-ring (bicyclic) bond motifs is 1. The molecule has 19 nitrogen and oxygen atoms in total. The minimum Gasteiger partial charge on any atom is -0.481 e. The van der Waals surface area contributed by atoms with Crippen molar-refractivity contribution >= 4 is 52.4 Å². The lowest BCUT2D eigenvalue weighted by molar-refractivity contribution is -0.142. The van der Waals surface area contributed by atoms with Crippen molar-refractivity contribution in [2.24, 2.45) is 5.73 Å². The molecular formula is C34H40N10O9. The van der Waals surface area contributed by atoms with Gasteiger partial charge in [0.1, 0.15) is 24.2 Å². The van der Waals surface area contributed by atoms with Crippen LogP contribution in [0.25, 0.3) is 10.9 Å². The molecule has 5 atom stereocenters. The lowest BCUT2D eigenvalue weighted by Crippen LogP contribution is -2.58. The molecule has 0 saturated carbocycles. The van der Waals surface area contributed by atoms with Gasteiger partial charge in [-0.15, -0.1) is 0 Å². The van der Waals surface area contributed by atoms with Crippen LogP contribution in [0.3, 0.4) is 0 Å². The number of nitrogens with two attached hydrogens (primary N) is 1. The van der Waals surface area contributed by atoms with E-state index in [1.54, 1.807) is 30.6 Å². The zero-order valence-electron chi connectivity index (χ0n) is 28.5. The van der Waals surface area contributed by atoms with Gasteiger partial charge in [0.2, 0.25) is 29.5 Å². The van der Waals surface area contributed by atoms with Crippen molar-refractivity contribution in [3.05, 3.63) is 84.3 Å². The van der Waals surface area contributed by atoms with Crippen LogP contribution in [-0.4, -0.2) is 108 Å². The molecule has 0 aliphatic carbocycles. The molecule has 0 spiro atoms. The van der Waals surface area contributed by atoms with Crippen LogP contribution in [0.1, 0.15) is 30.2 Å². The summed E-state index contributed by atoms with van der Waals surface area (Å²) in [4.78, 5) is 102. The molecular weight excluding hydrogens is 692 g/mol. The molecule has 0 fully saturated rings. The molecule has 0 aliphatic heterocycles. The van der Waals surface area contributed by atoms with Crippen molar-refractivity contribution in [2.45, 2.75) is 62.8 Å². The number of hydrogen-bond donors (Lipinski definition) is 10. The summed E-state index contributed by atoms with van der Waals surface area (Å²) < 4.78 is 0. The van der Waals surface area contributed by atoms with E-state index in [0.29, 0.717) is 16.8 Å². The molecule has 0 radical (unpaired) electrons. The maximum atomic E-state index is 13.5. The predicted octanol–water partition coefficient (Wildman–Crippen LogP) is -1.72. The Morgan fingerprint density at radius 2 is 1.55 bits per heavy atom. The monoisotopic (exact) mass is 732 g/mol. The fraction of sp³-hybridized carbons (Fsp3) is 0.324. The topological polar surface area (TPSA) is 303 Å². The van der Waals surface area contributed by atoms with Gasteiger partial charge in [-0.05, 0) is 36.6 Å². The predicted molar refractivity (Wildman–Crippen MR) is 187 cm³/mol. The zero-order valence-corrected chi connectivity index (χ0v) is 28.5. The molecule has 4 aromatic rings. The van der Waals surface area contributed by atoms with E-state index in [1.165, 1.54) is 25.6 Å². The third-order valence-corrected chi connectivity index (χ3v) is 8.04. The minimum absolute atomic E-state index is 0.0702. The highest BCUT2D eigenvalue weighted by molar-refractivity contribution is 5.97. The van der Waals surface area contributed by atoms with E-state index < -0.39 is 84.6 Å². The molecule has 0 unspecified atom stereocenters. The summed E-state index contributed by atoms with van der Waals surface area (Å²) >= 11 is 0. The third kappa shape index (κ3) is 11.7. The van der Waals surface area contributed by atoms with Crippen molar-refractivity contribution in [2.75, 3.05) is 6.54 Å². The lowest BCUT2D eigenvalue weighted by Gasteiger charge is -2.24. The molecule has 0 aliphatic rings. The molecule has 0 bridgehead atoms. The Hall–Kier alpha value is -6.63. The van der Waals surface area contributed by atoms with Gasteiger partial charge in [0.05, 0.1) is 31.0 Å². The summed E-state index contributed by atoms with van der Waals surface area (Å²) in [7, 11) is 0. The van der Waals surface area contributed by atoms with Crippen LogP contribution < -0.4 is 32.3 Å². The molecule has 0 saturated heterocycles. The highest BCUT2D eigenvalue weighted by atomic mass is 16.4. The van der Waals surface area contributed by atoms with E-state index >= 15 is 0 Å². The van der Waals surface area contributed by atoms with Crippen LogP contribution >= 0.6 is 0 Å². The van der Waals surface area contributed by atoms with Crippen LogP contribution in [-0.2, 0) is 52.8 Å². The second-order valence-electron chi connectivity index (χ2n) is 12.1. The number of hydrogen-bond acceptors (Lipinski definition) is 10. The number of aromatic nitrogens is 4. The first kappa shape index (κ1) is 39.2. The maximum Gasteiger partial charge on any atom is 0.326 e. The van der Waals surface area contributed by atoms with Crippen LogP contribution in [0.4, 0.5) is 0 Å². The number of nitrogens with zero attached hydrogens (tertiary/aromatic N) is 2. The summed E-state index contributed by atoms with van der Waals surface area (Å²) in [6.45, 7) is 0.637. The molecule has 1 aromatic carbocycles. The number of carboxylic acids is 2. The summed E-state index contributed by atoms with van der Waals surface area (Å²) in [6, 6.07) is 3.89. The Balaban J connectivity index is 1.36. The number of imidazole rings is 1. The van der Waals surface area contributed by atoms with Gasteiger partial charge < -0.3 is 52.5 Å². The quantitative estimate of drug-likeness (QED) is 0.0515. The normalized spacial score (nSPS) is 13.8. The first-order valence-electron chi connectivity index (χ1n) is 16.4. The largest absolute Gasteiger partial charge is 0.481 e. The SMILES string of the molecule is C[C@H](NC(=O)[C@H](CC(=O)O)NC(=O)CNC(=O)[C@@H](N)Cc1cccnc1)C(=O)N[C@@H](Cc1c[nH]cn1)C(=O)N[C@@H](Cc1c[nH]c2ccccc12)C(=O)O. The van der Waals surface area contributed by atoms with Gasteiger partial charge in [-0.2, -0.15) is 0 Å². The van der Waals surface area contributed by atoms with Gasteiger partial charge in [-0.3, -0.25) is 33.8 Å². The van der Waals surface area contributed by atoms with E-state index in [9.17, 15) is 43.8 Å². The van der Waals surface area contributed by atoms with Crippen LogP contribution in [0.2, 0.25) is 0 Å². The second-order valence-corrected chi connectivity index (χ2v) is 12.1. The van der Waals surface area contributed by atoms with Crippen LogP contribution in [0.15, 0.2) is 67.5 Å². The minimum atomic E-state index is -1.65. The molecule has 11 N–H and O–H groups in total. The average molecular weight is 733 g/mol. The van der Waals surface area contributed by atoms with Gasteiger partial charge in [0.25, 0.3) is 0 Å². The van der Waals surface area contributed by atoms with E-state index in [2.05, 4.69) is 46.5 Å².